The van der Waals surface area contributed by atoms with Crippen molar-refractivity contribution in [3.05, 3.63) is 33.8 Å². The molecule has 138 valence electrons. The number of nitrogens with zero attached hydrogens (tertiary/aromatic N) is 2. The predicted octanol–water partition coefficient (Wildman–Crippen LogP) is 2.91. The van der Waals surface area contributed by atoms with Crippen LogP contribution in [0.1, 0.15) is 25.3 Å². The monoisotopic (exact) mass is 384 g/mol. The molecule has 25 heavy (non-hydrogen) atoms. The molecule has 0 aromatic heterocycles. The van der Waals surface area contributed by atoms with E-state index in [0.29, 0.717) is 22.6 Å². The van der Waals surface area contributed by atoms with Gasteiger partial charge in [-0.15, -0.1) is 0 Å². The Balaban J connectivity index is 1.53. The Morgan fingerprint density at radius 3 is 3.04 bits per heavy atom. The molecule has 2 heterocycles. The molecule has 0 radical (unpaired) electrons. The molecule has 2 N–H and O–H groups in total. The number of benzene rings is 1. The average molecular weight is 385 g/mol. The molecule has 2 unspecified atom stereocenters. The van der Waals surface area contributed by atoms with E-state index in [1.54, 1.807) is 6.07 Å². The van der Waals surface area contributed by atoms with Crippen LogP contribution in [0.3, 0.4) is 0 Å². The largest absolute Gasteiger partial charge is 0.373 e. The summed E-state index contributed by atoms with van der Waals surface area (Å²) in [4.78, 5) is 7.17. The van der Waals surface area contributed by atoms with E-state index >= 15 is 0 Å². The van der Waals surface area contributed by atoms with Gasteiger partial charge in [0, 0.05) is 35.7 Å². The lowest BCUT2D eigenvalue weighted by Gasteiger charge is -2.35. The van der Waals surface area contributed by atoms with Gasteiger partial charge in [0.05, 0.1) is 19.3 Å². The molecule has 0 aliphatic carbocycles. The molecule has 0 amide bonds. The normalized spacial score (nSPS) is 24.2. The summed E-state index contributed by atoms with van der Waals surface area (Å²) in [5, 5.41) is 7.94. The van der Waals surface area contributed by atoms with Crippen molar-refractivity contribution in [2.45, 2.75) is 38.5 Å². The number of ether oxygens (including phenoxy) is 1. The van der Waals surface area contributed by atoms with Crippen molar-refractivity contribution in [3.63, 3.8) is 0 Å². The van der Waals surface area contributed by atoms with Gasteiger partial charge < -0.3 is 15.4 Å². The molecule has 2 saturated heterocycles. The molecular weight excluding hydrogens is 359 g/mol. The maximum Gasteiger partial charge on any atom is 0.191 e. The zero-order chi connectivity index (χ0) is 17.6. The summed E-state index contributed by atoms with van der Waals surface area (Å²) in [7, 11) is 0. The van der Waals surface area contributed by atoms with Gasteiger partial charge in [0.15, 0.2) is 5.96 Å². The van der Waals surface area contributed by atoms with Crippen LogP contribution in [0.5, 0.6) is 0 Å². The molecule has 3 rings (SSSR count). The van der Waals surface area contributed by atoms with Gasteiger partial charge in [0.2, 0.25) is 0 Å². The second kappa shape index (κ2) is 9.08. The summed E-state index contributed by atoms with van der Waals surface area (Å²) in [6.45, 7) is 7.17. The molecule has 1 aromatic rings. The molecule has 1 aromatic carbocycles. The van der Waals surface area contributed by atoms with Gasteiger partial charge in [-0.3, -0.25) is 4.90 Å². The molecule has 0 saturated carbocycles. The lowest BCUT2D eigenvalue weighted by molar-refractivity contribution is -0.0453. The van der Waals surface area contributed by atoms with E-state index in [-0.39, 0.29) is 6.10 Å². The van der Waals surface area contributed by atoms with Gasteiger partial charge in [-0.2, -0.15) is 0 Å². The molecular formula is C18H26Cl2N4O. The van der Waals surface area contributed by atoms with Crippen molar-refractivity contribution in [1.29, 1.82) is 0 Å². The van der Waals surface area contributed by atoms with Crippen LogP contribution < -0.4 is 10.6 Å². The zero-order valence-electron chi connectivity index (χ0n) is 14.6. The Hall–Kier alpha value is -1.01. The number of fused-ring (bicyclic) bond motifs is 1. The third-order valence-corrected chi connectivity index (χ3v) is 5.31. The summed E-state index contributed by atoms with van der Waals surface area (Å²) in [5.74, 6) is 0.778. The Kier molecular flexibility index (Phi) is 6.82. The highest BCUT2D eigenvalue weighted by atomic mass is 35.5. The quantitative estimate of drug-likeness (QED) is 0.605. The molecule has 2 fully saturated rings. The van der Waals surface area contributed by atoms with Crippen LogP contribution in [0.4, 0.5) is 0 Å². The van der Waals surface area contributed by atoms with Crippen LogP contribution in [0.2, 0.25) is 10.0 Å². The number of hydrogen-bond acceptors (Lipinski definition) is 3. The first kappa shape index (κ1) is 18.8. The van der Waals surface area contributed by atoms with Crippen molar-refractivity contribution in [3.8, 4) is 0 Å². The van der Waals surface area contributed by atoms with E-state index in [4.69, 9.17) is 27.9 Å². The van der Waals surface area contributed by atoms with E-state index in [1.165, 1.54) is 19.4 Å². The fourth-order valence-electron chi connectivity index (χ4n) is 3.38. The molecule has 2 atom stereocenters. The number of rotatable bonds is 5. The van der Waals surface area contributed by atoms with E-state index < -0.39 is 0 Å². The number of aliphatic imine (C=N–C) groups is 1. The van der Waals surface area contributed by atoms with Crippen LogP contribution in [-0.4, -0.2) is 55.8 Å². The number of hydrogen-bond donors (Lipinski definition) is 2. The smallest absolute Gasteiger partial charge is 0.191 e. The maximum atomic E-state index is 6.22. The minimum Gasteiger partial charge on any atom is -0.373 e. The van der Waals surface area contributed by atoms with Crippen LogP contribution in [-0.2, 0) is 11.3 Å². The summed E-state index contributed by atoms with van der Waals surface area (Å²) >= 11 is 12.2. The number of halogens is 2. The number of morpholine rings is 1. The van der Waals surface area contributed by atoms with Gasteiger partial charge in [0.25, 0.3) is 0 Å². The Bertz CT molecular complexity index is 611. The minimum absolute atomic E-state index is 0.206. The second-order valence-corrected chi connectivity index (χ2v) is 7.40. The topological polar surface area (TPSA) is 48.9 Å². The summed E-state index contributed by atoms with van der Waals surface area (Å²) < 4.78 is 5.99. The highest BCUT2D eigenvalue weighted by Gasteiger charge is 2.32. The summed E-state index contributed by atoms with van der Waals surface area (Å²) in [6, 6.07) is 6.12. The molecule has 2 aliphatic rings. The first-order valence-corrected chi connectivity index (χ1v) is 9.73. The fraction of sp³-hybridized carbons (Fsp3) is 0.611. The molecule has 5 nitrogen and oxygen atoms in total. The van der Waals surface area contributed by atoms with E-state index in [9.17, 15) is 0 Å². The lowest BCUT2D eigenvalue weighted by atomic mass is 10.2. The van der Waals surface area contributed by atoms with E-state index in [0.717, 1.165) is 37.8 Å². The Morgan fingerprint density at radius 2 is 2.24 bits per heavy atom. The number of guanidine groups is 1. The highest BCUT2D eigenvalue weighted by molar-refractivity contribution is 6.35. The second-order valence-electron chi connectivity index (χ2n) is 6.56. The van der Waals surface area contributed by atoms with Crippen LogP contribution in [0.15, 0.2) is 23.2 Å². The molecule has 0 bridgehead atoms. The van der Waals surface area contributed by atoms with Gasteiger partial charge in [-0.1, -0.05) is 29.3 Å². The maximum absolute atomic E-state index is 6.22. The van der Waals surface area contributed by atoms with Crippen molar-refractivity contribution in [1.82, 2.24) is 15.5 Å². The minimum atomic E-state index is 0.206. The lowest BCUT2D eigenvalue weighted by Crippen LogP contribution is -2.51. The first-order chi connectivity index (χ1) is 12.2. The van der Waals surface area contributed by atoms with Gasteiger partial charge >= 0.3 is 0 Å². The molecule has 2 aliphatic heterocycles. The zero-order valence-corrected chi connectivity index (χ0v) is 16.1. The third-order valence-electron chi connectivity index (χ3n) is 4.73. The summed E-state index contributed by atoms with van der Waals surface area (Å²) in [5.41, 5.74) is 0.956. The molecule has 7 heteroatoms. The van der Waals surface area contributed by atoms with Crippen LogP contribution >= 0.6 is 23.2 Å². The average Bonchev–Trinajstić information content (AvgIpc) is 3.06. The van der Waals surface area contributed by atoms with Gasteiger partial charge in [-0.05, 0) is 44.0 Å². The van der Waals surface area contributed by atoms with Gasteiger partial charge in [-0.25, -0.2) is 4.99 Å². The Morgan fingerprint density at radius 1 is 1.36 bits per heavy atom. The molecule has 0 spiro atoms. The van der Waals surface area contributed by atoms with Crippen LogP contribution in [0, 0.1) is 0 Å². The van der Waals surface area contributed by atoms with E-state index in [1.807, 2.05) is 12.1 Å². The standard InChI is InChI=1S/C18H26Cl2N4O/c1-2-21-18(22-9-13-5-6-14(19)8-17(13)20)23-10-16-11-24-7-3-4-15(24)12-25-16/h5-6,8,15-16H,2-4,7,9-12H2,1H3,(H2,21,22,23). The highest BCUT2D eigenvalue weighted by Crippen LogP contribution is 2.23. The third kappa shape index (κ3) is 5.23. The van der Waals surface area contributed by atoms with Gasteiger partial charge in [0.1, 0.15) is 0 Å². The fourth-order valence-corrected chi connectivity index (χ4v) is 3.84. The first-order valence-electron chi connectivity index (χ1n) is 8.97. The van der Waals surface area contributed by atoms with Crippen molar-refractivity contribution in [2.24, 2.45) is 4.99 Å². The van der Waals surface area contributed by atoms with Crippen molar-refractivity contribution < 1.29 is 4.74 Å². The Labute approximate surface area is 159 Å². The summed E-state index contributed by atoms with van der Waals surface area (Å²) in [6.07, 6.45) is 2.77. The van der Waals surface area contributed by atoms with E-state index in [2.05, 4.69) is 27.4 Å². The van der Waals surface area contributed by atoms with Crippen molar-refractivity contribution in [2.75, 3.05) is 32.8 Å². The SMILES string of the molecule is CCNC(=NCc1ccc(Cl)cc1Cl)NCC1CN2CCCC2CO1. The van der Waals surface area contributed by atoms with Crippen LogP contribution in [0.25, 0.3) is 0 Å². The van der Waals surface area contributed by atoms with Crippen molar-refractivity contribution >= 4 is 29.2 Å². The predicted molar refractivity (Wildman–Crippen MR) is 104 cm³/mol. The number of nitrogens with one attached hydrogen (secondary N) is 2.